The smallest absolute Gasteiger partial charge is 0.303 e. The molecule has 0 unspecified atom stereocenters. The maximum Gasteiger partial charge on any atom is 0.303 e. The van der Waals surface area contributed by atoms with Gasteiger partial charge in [-0.1, -0.05) is 0 Å². The SMILES string of the molecule is CONC(=O)C(C)(C)OC(C)=O. The van der Waals surface area contributed by atoms with Gasteiger partial charge in [-0.3, -0.25) is 14.4 Å². The van der Waals surface area contributed by atoms with Gasteiger partial charge in [-0.2, -0.15) is 0 Å². The third-order valence-electron chi connectivity index (χ3n) is 1.14. The van der Waals surface area contributed by atoms with Gasteiger partial charge in [0.1, 0.15) is 0 Å². The van der Waals surface area contributed by atoms with Crippen LogP contribution in [0.5, 0.6) is 0 Å². The van der Waals surface area contributed by atoms with Gasteiger partial charge in [0.05, 0.1) is 7.11 Å². The molecule has 0 atom stereocenters. The fourth-order valence-corrected chi connectivity index (χ4v) is 0.621. The van der Waals surface area contributed by atoms with Crippen LogP contribution in [0.1, 0.15) is 20.8 Å². The second-order valence-electron chi connectivity index (χ2n) is 2.74. The van der Waals surface area contributed by atoms with Crippen molar-refractivity contribution in [3.8, 4) is 0 Å². The molecule has 70 valence electrons. The van der Waals surface area contributed by atoms with Gasteiger partial charge < -0.3 is 4.74 Å². The Kier molecular flexibility index (Phi) is 3.69. The molecule has 0 aliphatic carbocycles. The summed E-state index contributed by atoms with van der Waals surface area (Å²) in [6, 6.07) is 0. The summed E-state index contributed by atoms with van der Waals surface area (Å²) in [6.07, 6.45) is 0. The van der Waals surface area contributed by atoms with Crippen molar-refractivity contribution < 1.29 is 19.2 Å². The lowest BCUT2D eigenvalue weighted by molar-refractivity contribution is -0.168. The van der Waals surface area contributed by atoms with Crippen LogP contribution in [-0.4, -0.2) is 24.6 Å². The second kappa shape index (κ2) is 4.06. The van der Waals surface area contributed by atoms with Crippen molar-refractivity contribution >= 4 is 11.9 Å². The fraction of sp³-hybridized carbons (Fsp3) is 0.714. The van der Waals surface area contributed by atoms with Gasteiger partial charge in [0.25, 0.3) is 5.91 Å². The summed E-state index contributed by atoms with van der Waals surface area (Å²) in [5.74, 6) is -1.01. The minimum absolute atomic E-state index is 0.500. The summed E-state index contributed by atoms with van der Waals surface area (Å²) in [4.78, 5) is 26.0. The lowest BCUT2D eigenvalue weighted by Crippen LogP contribution is -2.44. The Balaban J connectivity index is 4.18. The van der Waals surface area contributed by atoms with Crippen molar-refractivity contribution in [3.63, 3.8) is 0 Å². The van der Waals surface area contributed by atoms with Crippen molar-refractivity contribution in [2.24, 2.45) is 0 Å². The van der Waals surface area contributed by atoms with E-state index in [9.17, 15) is 9.59 Å². The van der Waals surface area contributed by atoms with Crippen LogP contribution < -0.4 is 5.48 Å². The van der Waals surface area contributed by atoms with Crippen molar-refractivity contribution in [2.75, 3.05) is 7.11 Å². The monoisotopic (exact) mass is 175 g/mol. The quantitative estimate of drug-likeness (QED) is 0.484. The molecular weight excluding hydrogens is 162 g/mol. The number of hydrogen-bond acceptors (Lipinski definition) is 4. The minimum Gasteiger partial charge on any atom is -0.450 e. The lowest BCUT2D eigenvalue weighted by Gasteiger charge is -2.21. The van der Waals surface area contributed by atoms with Crippen molar-refractivity contribution in [1.82, 2.24) is 5.48 Å². The Morgan fingerprint density at radius 1 is 1.33 bits per heavy atom. The molecule has 0 spiro atoms. The summed E-state index contributed by atoms with van der Waals surface area (Å²) < 4.78 is 4.72. The van der Waals surface area contributed by atoms with Crippen LogP contribution in [-0.2, 0) is 19.2 Å². The molecule has 0 heterocycles. The molecule has 12 heavy (non-hydrogen) atoms. The van der Waals surface area contributed by atoms with E-state index >= 15 is 0 Å². The average Bonchev–Trinajstić information content (AvgIpc) is 1.85. The normalized spacial score (nSPS) is 10.7. The van der Waals surface area contributed by atoms with Gasteiger partial charge >= 0.3 is 5.97 Å². The summed E-state index contributed by atoms with van der Waals surface area (Å²) >= 11 is 0. The van der Waals surface area contributed by atoms with Crippen LogP contribution in [0.15, 0.2) is 0 Å². The predicted molar refractivity (Wildman–Crippen MR) is 41.0 cm³/mol. The van der Waals surface area contributed by atoms with Crippen LogP contribution in [0.4, 0.5) is 0 Å². The highest BCUT2D eigenvalue weighted by atomic mass is 16.6. The van der Waals surface area contributed by atoms with Crippen LogP contribution in [0.2, 0.25) is 0 Å². The molecule has 1 amide bonds. The summed E-state index contributed by atoms with van der Waals surface area (Å²) in [5, 5.41) is 0. The molecule has 0 saturated carbocycles. The average molecular weight is 175 g/mol. The summed E-state index contributed by atoms with van der Waals surface area (Å²) in [5.41, 5.74) is 0.882. The molecule has 0 aliphatic heterocycles. The molecule has 5 nitrogen and oxygen atoms in total. The van der Waals surface area contributed by atoms with Crippen molar-refractivity contribution in [1.29, 1.82) is 0 Å². The van der Waals surface area contributed by atoms with E-state index in [0.29, 0.717) is 0 Å². The van der Waals surface area contributed by atoms with E-state index in [0.717, 1.165) is 0 Å². The highest BCUT2D eigenvalue weighted by Crippen LogP contribution is 2.08. The molecule has 0 rings (SSSR count). The van der Waals surface area contributed by atoms with E-state index in [4.69, 9.17) is 4.74 Å². The first-order valence-electron chi connectivity index (χ1n) is 3.43. The van der Waals surface area contributed by atoms with Gasteiger partial charge in [0, 0.05) is 6.92 Å². The molecular formula is C7H13NO4. The van der Waals surface area contributed by atoms with Crippen molar-refractivity contribution in [2.45, 2.75) is 26.4 Å². The van der Waals surface area contributed by atoms with E-state index in [1.165, 1.54) is 27.9 Å². The minimum atomic E-state index is -1.19. The second-order valence-corrected chi connectivity index (χ2v) is 2.74. The Labute approximate surface area is 71.0 Å². The summed E-state index contributed by atoms with van der Waals surface area (Å²) in [6.45, 7) is 4.19. The van der Waals surface area contributed by atoms with Gasteiger partial charge in [-0.25, -0.2) is 5.48 Å². The first kappa shape index (κ1) is 10.9. The molecule has 0 fully saturated rings. The highest BCUT2D eigenvalue weighted by Gasteiger charge is 2.30. The van der Waals surface area contributed by atoms with E-state index in [1.807, 2.05) is 0 Å². The maximum absolute atomic E-state index is 11.1. The van der Waals surface area contributed by atoms with Crippen molar-refractivity contribution in [3.05, 3.63) is 0 Å². The molecule has 0 aromatic carbocycles. The van der Waals surface area contributed by atoms with E-state index in [2.05, 4.69) is 10.3 Å². The van der Waals surface area contributed by atoms with Crippen LogP contribution in [0.25, 0.3) is 0 Å². The standard InChI is InChI=1S/C7H13NO4/c1-5(9)12-7(2,3)6(10)8-11-4/h1-4H3,(H,8,10). The number of amides is 1. The van der Waals surface area contributed by atoms with Gasteiger partial charge in [-0.05, 0) is 13.8 Å². The number of nitrogens with one attached hydrogen (secondary N) is 1. The molecule has 0 saturated heterocycles. The number of hydrogen-bond donors (Lipinski definition) is 1. The Hall–Kier alpha value is -1.10. The van der Waals surface area contributed by atoms with Crippen LogP contribution >= 0.6 is 0 Å². The third kappa shape index (κ3) is 3.34. The number of hydroxylamine groups is 1. The lowest BCUT2D eigenvalue weighted by atomic mass is 10.1. The zero-order valence-corrected chi connectivity index (χ0v) is 7.63. The zero-order chi connectivity index (χ0) is 9.78. The number of ether oxygens (including phenoxy) is 1. The largest absolute Gasteiger partial charge is 0.450 e. The predicted octanol–water partition coefficient (Wildman–Crippen LogP) is 0.00570. The molecule has 0 aliphatic rings. The summed E-state index contributed by atoms with van der Waals surface area (Å²) in [7, 11) is 1.31. The Morgan fingerprint density at radius 2 is 1.83 bits per heavy atom. The molecule has 0 aromatic heterocycles. The zero-order valence-electron chi connectivity index (χ0n) is 7.63. The number of carbonyl (C=O) groups is 2. The molecule has 1 N–H and O–H groups in total. The van der Waals surface area contributed by atoms with E-state index in [-0.39, 0.29) is 0 Å². The molecule has 0 radical (unpaired) electrons. The maximum atomic E-state index is 11.1. The highest BCUT2D eigenvalue weighted by molar-refractivity contribution is 5.85. The first-order chi connectivity index (χ1) is 5.40. The third-order valence-corrected chi connectivity index (χ3v) is 1.14. The number of rotatable bonds is 3. The fourth-order valence-electron chi connectivity index (χ4n) is 0.621. The molecule has 5 heteroatoms. The number of esters is 1. The topological polar surface area (TPSA) is 64.6 Å². The van der Waals surface area contributed by atoms with Crippen LogP contribution in [0.3, 0.4) is 0 Å². The Bertz CT molecular complexity index is 188. The molecule has 0 aromatic rings. The first-order valence-corrected chi connectivity index (χ1v) is 3.43. The molecule has 0 bridgehead atoms. The van der Waals surface area contributed by atoms with E-state index < -0.39 is 17.5 Å². The van der Waals surface area contributed by atoms with E-state index in [1.54, 1.807) is 0 Å². The number of carbonyl (C=O) groups excluding carboxylic acids is 2. The van der Waals surface area contributed by atoms with Crippen LogP contribution in [0, 0.1) is 0 Å². The Morgan fingerprint density at radius 3 is 2.17 bits per heavy atom. The van der Waals surface area contributed by atoms with Gasteiger partial charge in [-0.15, -0.1) is 0 Å². The van der Waals surface area contributed by atoms with Gasteiger partial charge in [0.2, 0.25) is 0 Å². The van der Waals surface area contributed by atoms with Gasteiger partial charge in [0.15, 0.2) is 5.60 Å².